The summed E-state index contributed by atoms with van der Waals surface area (Å²) >= 11 is 0. The summed E-state index contributed by atoms with van der Waals surface area (Å²) in [5, 5.41) is 0. The Morgan fingerprint density at radius 2 is 0.804 bits per heavy atom. The van der Waals surface area contributed by atoms with E-state index in [9.17, 15) is 9.59 Å². The zero-order valence-electron chi connectivity index (χ0n) is 31.8. The molecule has 0 aromatic heterocycles. The SMILES string of the molecule is CCCCCCCCCOC(=O)CCCC(CCC)CCCCCCCC(=O)OC(CCCCCCCC)CCCCCCCC. The van der Waals surface area contributed by atoms with Gasteiger partial charge in [-0.1, -0.05) is 175 Å². The fourth-order valence-electron chi connectivity index (χ4n) is 6.74. The molecule has 0 spiro atoms. The molecule has 0 N–H and O–H groups in total. The highest BCUT2D eigenvalue weighted by Gasteiger charge is 2.15. The molecule has 1 unspecified atom stereocenters. The first-order chi connectivity index (χ1) is 22.6. The third kappa shape index (κ3) is 32.9. The van der Waals surface area contributed by atoms with E-state index in [4.69, 9.17) is 9.47 Å². The van der Waals surface area contributed by atoms with Gasteiger partial charge in [0.05, 0.1) is 6.61 Å². The van der Waals surface area contributed by atoms with E-state index in [1.165, 1.54) is 154 Å². The van der Waals surface area contributed by atoms with Crippen molar-refractivity contribution in [3.63, 3.8) is 0 Å². The van der Waals surface area contributed by atoms with Crippen LogP contribution in [0.15, 0.2) is 0 Å². The lowest BCUT2D eigenvalue weighted by atomic mass is 9.91. The van der Waals surface area contributed by atoms with Gasteiger partial charge in [0.15, 0.2) is 0 Å². The summed E-state index contributed by atoms with van der Waals surface area (Å²) in [6.45, 7) is 9.65. The maximum atomic E-state index is 12.7. The summed E-state index contributed by atoms with van der Waals surface area (Å²) in [5.41, 5.74) is 0. The van der Waals surface area contributed by atoms with Crippen LogP contribution < -0.4 is 0 Å². The van der Waals surface area contributed by atoms with Gasteiger partial charge < -0.3 is 9.47 Å². The first kappa shape index (κ1) is 44.9. The molecule has 0 fully saturated rings. The summed E-state index contributed by atoms with van der Waals surface area (Å²) in [5.74, 6) is 0.757. The summed E-state index contributed by atoms with van der Waals surface area (Å²) in [4.78, 5) is 24.8. The first-order valence-corrected chi connectivity index (χ1v) is 20.9. The van der Waals surface area contributed by atoms with E-state index in [0.717, 1.165) is 50.9 Å². The maximum Gasteiger partial charge on any atom is 0.306 e. The van der Waals surface area contributed by atoms with Crippen LogP contribution in [0.25, 0.3) is 0 Å². The van der Waals surface area contributed by atoms with Crippen LogP contribution in [0.3, 0.4) is 0 Å². The highest BCUT2D eigenvalue weighted by atomic mass is 16.5. The van der Waals surface area contributed by atoms with Crippen molar-refractivity contribution < 1.29 is 19.1 Å². The number of ether oxygens (including phenoxy) is 2. The Bertz CT molecular complexity index is 617. The van der Waals surface area contributed by atoms with E-state index in [1.54, 1.807) is 0 Å². The van der Waals surface area contributed by atoms with Crippen molar-refractivity contribution in [2.24, 2.45) is 5.92 Å². The highest BCUT2D eigenvalue weighted by molar-refractivity contribution is 5.69. The average Bonchev–Trinajstić information content (AvgIpc) is 3.04. The third-order valence-corrected chi connectivity index (χ3v) is 9.75. The molecule has 0 heterocycles. The molecule has 0 saturated heterocycles. The van der Waals surface area contributed by atoms with Crippen LogP contribution in [0, 0.1) is 5.92 Å². The molecule has 0 rings (SSSR count). The fourth-order valence-corrected chi connectivity index (χ4v) is 6.74. The average molecular weight is 651 g/mol. The minimum Gasteiger partial charge on any atom is -0.466 e. The zero-order chi connectivity index (χ0) is 33.8. The van der Waals surface area contributed by atoms with Crippen LogP contribution in [0.2, 0.25) is 0 Å². The number of rotatable bonds is 37. The van der Waals surface area contributed by atoms with Gasteiger partial charge in [0, 0.05) is 12.8 Å². The van der Waals surface area contributed by atoms with Crippen molar-refractivity contribution in [3.8, 4) is 0 Å². The molecule has 4 heteroatoms. The van der Waals surface area contributed by atoms with Crippen molar-refractivity contribution in [1.29, 1.82) is 0 Å². The predicted octanol–water partition coefficient (Wildman–Crippen LogP) is 14.0. The van der Waals surface area contributed by atoms with Gasteiger partial charge in [-0.15, -0.1) is 0 Å². The number of esters is 2. The lowest BCUT2D eigenvalue weighted by molar-refractivity contribution is -0.150. The van der Waals surface area contributed by atoms with Gasteiger partial charge in [0.25, 0.3) is 0 Å². The Morgan fingerprint density at radius 1 is 0.391 bits per heavy atom. The zero-order valence-corrected chi connectivity index (χ0v) is 31.8. The Balaban J connectivity index is 4.04. The van der Waals surface area contributed by atoms with Crippen LogP contribution in [0.5, 0.6) is 0 Å². The van der Waals surface area contributed by atoms with Crippen LogP contribution >= 0.6 is 0 Å². The molecule has 46 heavy (non-hydrogen) atoms. The van der Waals surface area contributed by atoms with Crippen LogP contribution in [0.1, 0.15) is 240 Å². The van der Waals surface area contributed by atoms with E-state index < -0.39 is 0 Å². The van der Waals surface area contributed by atoms with Crippen LogP contribution in [-0.2, 0) is 19.1 Å². The second kappa shape index (κ2) is 36.8. The van der Waals surface area contributed by atoms with Gasteiger partial charge in [0.2, 0.25) is 0 Å². The van der Waals surface area contributed by atoms with E-state index in [1.807, 2.05) is 0 Å². The fraction of sp³-hybridized carbons (Fsp3) is 0.952. The molecule has 4 nitrogen and oxygen atoms in total. The lowest BCUT2D eigenvalue weighted by Gasteiger charge is -2.18. The lowest BCUT2D eigenvalue weighted by Crippen LogP contribution is -2.18. The van der Waals surface area contributed by atoms with Gasteiger partial charge in [-0.05, 0) is 57.3 Å². The molecule has 0 saturated carbocycles. The van der Waals surface area contributed by atoms with Crippen LogP contribution in [0.4, 0.5) is 0 Å². The number of unbranched alkanes of at least 4 members (excludes halogenated alkanes) is 20. The van der Waals surface area contributed by atoms with E-state index >= 15 is 0 Å². The van der Waals surface area contributed by atoms with Crippen molar-refractivity contribution in [3.05, 3.63) is 0 Å². The summed E-state index contributed by atoms with van der Waals surface area (Å²) in [6.07, 6.45) is 39.3. The smallest absolute Gasteiger partial charge is 0.306 e. The van der Waals surface area contributed by atoms with Gasteiger partial charge in [-0.3, -0.25) is 9.59 Å². The molecule has 274 valence electrons. The Labute approximate surface area is 288 Å². The molecule has 0 aromatic carbocycles. The predicted molar refractivity (Wildman–Crippen MR) is 199 cm³/mol. The molecular weight excluding hydrogens is 568 g/mol. The molecule has 0 aromatic rings. The maximum absolute atomic E-state index is 12.7. The summed E-state index contributed by atoms with van der Waals surface area (Å²) in [6, 6.07) is 0. The second-order valence-electron chi connectivity index (χ2n) is 14.4. The van der Waals surface area contributed by atoms with Gasteiger partial charge in [-0.25, -0.2) is 0 Å². The normalized spacial score (nSPS) is 12.1. The molecule has 0 aliphatic rings. The van der Waals surface area contributed by atoms with Crippen LogP contribution in [-0.4, -0.2) is 24.6 Å². The van der Waals surface area contributed by atoms with Crippen molar-refractivity contribution in [2.45, 2.75) is 246 Å². The molecule has 1 atom stereocenters. The van der Waals surface area contributed by atoms with E-state index in [0.29, 0.717) is 19.4 Å². The molecule has 0 amide bonds. The van der Waals surface area contributed by atoms with Gasteiger partial charge >= 0.3 is 11.9 Å². The van der Waals surface area contributed by atoms with Crippen molar-refractivity contribution in [1.82, 2.24) is 0 Å². The quantitative estimate of drug-likeness (QED) is 0.0496. The molecule has 0 aliphatic carbocycles. The third-order valence-electron chi connectivity index (χ3n) is 9.75. The Kier molecular flexibility index (Phi) is 35.9. The molecule has 0 aliphatic heterocycles. The minimum atomic E-state index is -0.00380. The largest absolute Gasteiger partial charge is 0.466 e. The van der Waals surface area contributed by atoms with E-state index in [-0.39, 0.29) is 18.0 Å². The first-order valence-electron chi connectivity index (χ1n) is 20.9. The molecule has 0 bridgehead atoms. The molecule has 0 radical (unpaired) electrons. The standard InChI is InChI=1S/C42H82O4/c1-5-9-12-15-18-24-29-38-45-41(43)37-30-33-39(31-8-4)32-25-20-19-23-28-36-42(44)46-40(34-26-21-16-13-10-6-2)35-27-22-17-14-11-7-3/h39-40H,5-38H2,1-4H3. The minimum absolute atomic E-state index is 0.00380. The Morgan fingerprint density at radius 3 is 1.33 bits per heavy atom. The highest BCUT2D eigenvalue weighted by Crippen LogP contribution is 2.23. The molecular formula is C42H82O4. The van der Waals surface area contributed by atoms with Gasteiger partial charge in [-0.2, -0.15) is 0 Å². The number of hydrogen-bond donors (Lipinski definition) is 0. The Hall–Kier alpha value is -1.06. The van der Waals surface area contributed by atoms with Gasteiger partial charge in [0.1, 0.15) is 6.10 Å². The summed E-state index contributed by atoms with van der Waals surface area (Å²) in [7, 11) is 0. The second-order valence-corrected chi connectivity index (χ2v) is 14.4. The number of carbonyl (C=O) groups excluding carboxylic acids is 2. The number of carbonyl (C=O) groups is 2. The van der Waals surface area contributed by atoms with E-state index in [2.05, 4.69) is 27.7 Å². The monoisotopic (exact) mass is 651 g/mol. The van der Waals surface area contributed by atoms with Crippen molar-refractivity contribution in [2.75, 3.05) is 6.61 Å². The summed E-state index contributed by atoms with van der Waals surface area (Å²) < 4.78 is 11.5. The van der Waals surface area contributed by atoms with Crippen molar-refractivity contribution >= 4 is 11.9 Å². The topological polar surface area (TPSA) is 52.6 Å². The number of hydrogen-bond acceptors (Lipinski definition) is 4.